The van der Waals surface area contributed by atoms with Gasteiger partial charge in [0.2, 0.25) is 12.2 Å². The number of hydrogen-bond acceptors (Lipinski definition) is 4. The minimum absolute atomic E-state index is 0.540. The third kappa shape index (κ3) is 1.16. The summed E-state index contributed by atoms with van der Waals surface area (Å²) in [5.74, 6) is 0. The van der Waals surface area contributed by atoms with Crippen molar-refractivity contribution >= 4 is 12.2 Å². The molecule has 0 amide bonds. The Morgan fingerprint density at radius 3 is 2.39 bits per heavy atom. The van der Waals surface area contributed by atoms with Crippen molar-refractivity contribution in [2.24, 2.45) is 9.98 Å². The molecule has 0 spiro atoms. The number of benzene rings is 1. The highest BCUT2D eigenvalue weighted by Gasteiger charge is 2.49. The van der Waals surface area contributed by atoms with Crippen LogP contribution in [0.5, 0.6) is 0 Å². The lowest BCUT2D eigenvalue weighted by Gasteiger charge is -2.23. The molecule has 90 valence electrons. The van der Waals surface area contributed by atoms with Crippen LogP contribution in [-0.2, 0) is 33.5 Å². The van der Waals surface area contributed by atoms with Crippen molar-refractivity contribution in [1.29, 1.82) is 0 Å². The van der Waals surface area contributed by atoms with Crippen LogP contribution in [0.1, 0.15) is 36.1 Å². The van der Waals surface area contributed by atoms with Gasteiger partial charge in [-0.25, -0.2) is 9.59 Å². The molecule has 0 fully saturated rings. The van der Waals surface area contributed by atoms with Gasteiger partial charge in [-0.3, -0.25) is 0 Å². The van der Waals surface area contributed by atoms with E-state index in [1.165, 1.54) is 11.1 Å². The molecule has 0 saturated heterocycles. The molecule has 4 bridgehead atoms. The third-order valence-electron chi connectivity index (χ3n) is 4.17. The minimum Gasteiger partial charge on any atom is -0.211 e. The zero-order chi connectivity index (χ0) is 13.0. The summed E-state index contributed by atoms with van der Waals surface area (Å²) in [6.07, 6.45) is 4.75. The first-order chi connectivity index (χ1) is 8.54. The van der Waals surface area contributed by atoms with Gasteiger partial charge >= 0.3 is 0 Å². The second kappa shape index (κ2) is 3.26. The Bertz CT molecular complexity index is 654. The molecule has 4 heteroatoms. The predicted molar refractivity (Wildman–Crippen MR) is 64.8 cm³/mol. The number of hydrogen-bond donors (Lipinski definition) is 0. The SMILES string of the molecule is CC1(N=C=O)Cc2c3ccc1c2C(C)(N=C=O)C3. The Labute approximate surface area is 104 Å². The van der Waals surface area contributed by atoms with Crippen LogP contribution in [0.4, 0.5) is 0 Å². The highest BCUT2D eigenvalue weighted by atomic mass is 16.1. The van der Waals surface area contributed by atoms with Crippen molar-refractivity contribution in [3.8, 4) is 0 Å². The Balaban J connectivity index is 2.27. The van der Waals surface area contributed by atoms with E-state index in [1.807, 2.05) is 26.0 Å². The van der Waals surface area contributed by atoms with Crippen LogP contribution >= 0.6 is 0 Å². The van der Waals surface area contributed by atoms with Crippen molar-refractivity contribution in [3.63, 3.8) is 0 Å². The summed E-state index contributed by atoms with van der Waals surface area (Å²) in [6.45, 7) is 3.85. The van der Waals surface area contributed by atoms with Gasteiger partial charge in [0.1, 0.15) is 5.54 Å². The van der Waals surface area contributed by atoms with Crippen molar-refractivity contribution in [1.82, 2.24) is 0 Å². The number of rotatable bonds is 2. The van der Waals surface area contributed by atoms with Crippen LogP contribution < -0.4 is 0 Å². The third-order valence-corrected chi connectivity index (χ3v) is 4.17. The molecular weight excluding hydrogens is 228 g/mol. The maximum absolute atomic E-state index is 10.6. The zero-order valence-electron chi connectivity index (χ0n) is 10.3. The van der Waals surface area contributed by atoms with E-state index >= 15 is 0 Å². The van der Waals surface area contributed by atoms with Gasteiger partial charge in [0.05, 0.1) is 5.54 Å². The van der Waals surface area contributed by atoms with Crippen molar-refractivity contribution in [2.75, 3.05) is 0 Å². The summed E-state index contributed by atoms with van der Waals surface area (Å²) in [5.41, 5.74) is 3.34. The minimum atomic E-state index is -0.551. The van der Waals surface area contributed by atoms with E-state index in [9.17, 15) is 9.59 Å². The molecule has 2 atom stereocenters. The van der Waals surface area contributed by atoms with Gasteiger partial charge in [0, 0.05) is 12.8 Å². The normalized spacial score (nSPS) is 30.8. The molecule has 0 aliphatic heterocycles. The Kier molecular flexibility index (Phi) is 2.01. The largest absolute Gasteiger partial charge is 0.235 e. The summed E-state index contributed by atoms with van der Waals surface area (Å²) in [6, 6.07) is 4.04. The van der Waals surface area contributed by atoms with Gasteiger partial charge in [-0.2, -0.15) is 9.98 Å². The first kappa shape index (κ1) is 11.1. The average molecular weight is 240 g/mol. The molecule has 0 saturated carbocycles. The van der Waals surface area contributed by atoms with Crippen LogP contribution in [-0.4, -0.2) is 12.2 Å². The van der Waals surface area contributed by atoms with E-state index in [2.05, 4.69) is 9.98 Å². The molecule has 4 nitrogen and oxygen atoms in total. The molecule has 0 radical (unpaired) electrons. The summed E-state index contributed by atoms with van der Waals surface area (Å²) in [7, 11) is 0. The molecule has 2 aliphatic carbocycles. The molecule has 3 rings (SSSR count). The van der Waals surface area contributed by atoms with Crippen molar-refractivity contribution < 1.29 is 9.59 Å². The standard InChI is InChI=1S/C14H12N2O2/c1-13(15-7-17)6-10-9-3-4-11(13)12(10)14(2,5-9)16-8-18/h3-4H,5-6H2,1-2H3. The van der Waals surface area contributed by atoms with Crippen LogP contribution in [0.15, 0.2) is 22.1 Å². The lowest BCUT2D eigenvalue weighted by Crippen LogP contribution is -2.22. The summed E-state index contributed by atoms with van der Waals surface area (Å²) in [4.78, 5) is 29.2. The fourth-order valence-corrected chi connectivity index (χ4v) is 3.42. The smallest absolute Gasteiger partial charge is 0.211 e. The molecule has 0 N–H and O–H groups in total. The molecular formula is C14H12N2O2. The quantitative estimate of drug-likeness (QED) is 0.585. The van der Waals surface area contributed by atoms with Crippen molar-refractivity contribution in [2.45, 2.75) is 37.8 Å². The molecule has 2 aliphatic rings. The average Bonchev–Trinajstić information content (AvgIpc) is 2.59. The van der Waals surface area contributed by atoms with Gasteiger partial charge in [-0.05, 0) is 36.1 Å². The van der Waals surface area contributed by atoms with Crippen LogP contribution in [0.3, 0.4) is 0 Å². The monoisotopic (exact) mass is 240 g/mol. The maximum Gasteiger partial charge on any atom is 0.235 e. The van der Waals surface area contributed by atoms with E-state index < -0.39 is 11.1 Å². The highest BCUT2D eigenvalue weighted by Crippen LogP contribution is 2.53. The van der Waals surface area contributed by atoms with E-state index in [0.717, 1.165) is 17.5 Å². The number of isocyanates is 2. The maximum atomic E-state index is 10.6. The van der Waals surface area contributed by atoms with Gasteiger partial charge in [0.15, 0.2) is 0 Å². The Hall–Kier alpha value is -2.02. The predicted octanol–water partition coefficient (Wildman–Crippen LogP) is 1.90. The fraction of sp³-hybridized carbons (Fsp3) is 0.429. The van der Waals surface area contributed by atoms with Crippen molar-refractivity contribution in [3.05, 3.63) is 34.4 Å². The van der Waals surface area contributed by atoms with Gasteiger partial charge in [-0.1, -0.05) is 12.1 Å². The first-order valence-electron chi connectivity index (χ1n) is 5.88. The van der Waals surface area contributed by atoms with Gasteiger partial charge in [-0.15, -0.1) is 0 Å². The Morgan fingerprint density at radius 2 is 1.72 bits per heavy atom. The van der Waals surface area contributed by atoms with Crippen LogP contribution in [0.25, 0.3) is 0 Å². The summed E-state index contributed by atoms with van der Waals surface area (Å²) >= 11 is 0. The molecule has 2 unspecified atom stereocenters. The van der Waals surface area contributed by atoms with E-state index in [-0.39, 0.29) is 0 Å². The molecule has 0 heterocycles. The van der Waals surface area contributed by atoms with E-state index in [0.29, 0.717) is 6.42 Å². The summed E-state index contributed by atoms with van der Waals surface area (Å²) < 4.78 is 0. The van der Waals surface area contributed by atoms with Gasteiger partial charge < -0.3 is 0 Å². The second-order valence-electron chi connectivity index (χ2n) is 5.43. The molecule has 0 aromatic heterocycles. The lowest BCUT2D eigenvalue weighted by molar-refractivity contribution is 0.470. The second-order valence-corrected chi connectivity index (χ2v) is 5.43. The molecule has 1 aromatic carbocycles. The van der Waals surface area contributed by atoms with E-state index in [1.54, 1.807) is 12.2 Å². The number of carbonyl (C=O) groups excluding carboxylic acids is 2. The number of nitrogens with zero attached hydrogens (tertiary/aromatic N) is 2. The van der Waals surface area contributed by atoms with Crippen LogP contribution in [0, 0.1) is 0 Å². The fourth-order valence-electron chi connectivity index (χ4n) is 3.42. The lowest BCUT2D eigenvalue weighted by atomic mass is 9.88. The molecule has 1 aromatic rings. The first-order valence-corrected chi connectivity index (χ1v) is 5.88. The number of aliphatic imine (C=N–C) groups is 2. The summed E-state index contributed by atoms with van der Waals surface area (Å²) in [5, 5.41) is 0. The van der Waals surface area contributed by atoms with Gasteiger partial charge in [0.25, 0.3) is 0 Å². The van der Waals surface area contributed by atoms with Crippen LogP contribution in [0.2, 0.25) is 0 Å². The molecule has 18 heavy (non-hydrogen) atoms. The zero-order valence-corrected chi connectivity index (χ0v) is 10.3. The topological polar surface area (TPSA) is 58.9 Å². The highest BCUT2D eigenvalue weighted by molar-refractivity contribution is 5.61. The Morgan fingerprint density at radius 1 is 1.06 bits per heavy atom. The van der Waals surface area contributed by atoms with E-state index in [4.69, 9.17) is 0 Å².